The van der Waals surface area contributed by atoms with Crippen molar-refractivity contribution in [2.45, 2.75) is 6.54 Å². The molecule has 1 aromatic carbocycles. The minimum absolute atomic E-state index is 0.840. The molecule has 2 heterocycles. The molecule has 3 aromatic rings. The van der Waals surface area contributed by atoms with Crippen molar-refractivity contribution in [3.05, 3.63) is 60.6 Å². The van der Waals surface area contributed by atoms with Crippen LogP contribution in [-0.2, 0) is 13.6 Å². The molecule has 0 amide bonds. The summed E-state index contributed by atoms with van der Waals surface area (Å²) in [5.74, 6) is 0. The van der Waals surface area contributed by atoms with Crippen LogP contribution in [0.1, 0.15) is 5.56 Å². The van der Waals surface area contributed by atoms with Crippen molar-refractivity contribution in [1.29, 1.82) is 0 Å². The number of rotatable bonds is 3. The number of hydrogen-bond donors (Lipinski definition) is 1. The quantitative estimate of drug-likeness (QED) is 0.758. The maximum absolute atomic E-state index is 4.31. The molecule has 0 atom stereocenters. The number of anilines is 1. The first-order valence-electron chi connectivity index (χ1n) is 6.01. The lowest BCUT2D eigenvalue weighted by Gasteiger charge is -2.06. The number of nitrogens with zero attached hydrogens (tertiary/aromatic N) is 2. The highest BCUT2D eigenvalue weighted by molar-refractivity contribution is 5.82. The summed E-state index contributed by atoms with van der Waals surface area (Å²) in [5.41, 5.74) is 3.44. The average Bonchev–Trinajstić information content (AvgIpc) is 2.82. The highest BCUT2D eigenvalue weighted by Crippen LogP contribution is 2.17. The zero-order valence-corrected chi connectivity index (χ0v) is 10.3. The van der Waals surface area contributed by atoms with Gasteiger partial charge in [0.2, 0.25) is 0 Å². The normalized spacial score (nSPS) is 10.7. The van der Waals surface area contributed by atoms with Crippen molar-refractivity contribution >= 4 is 16.6 Å². The van der Waals surface area contributed by atoms with E-state index in [4.69, 9.17) is 0 Å². The molecule has 3 nitrogen and oxygen atoms in total. The highest BCUT2D eigenvalue weighted by Gasteiger charge is 1.98. The number of hydrogen-bond acceptors (Lipinski definition) is 2. The molecule has 90 valence electrons. The highest BCUT2D eigenvalue weighted by atomic mass is 14.9. The summed E-state index contributed by atoms with van der Waals surface area (Å²) in [6.45, 7) is 0.840. The van der Waals surface area contributed by atoms with Crippen LogP contribution in [0, 0.1) is 0 Å². The molecular weight excluding hydrogens is 222 g/mol. The Hall–Kier alpha value is -2.29. The van der Waals surface area contributed by atoms with E-state index in [-0.39, 0.29) is 0 Å². The second kappa shape index (κ2) is 4.53. The van der Waals surface area contributed by atoms with Crippen molar-refractivity contribution in [3.63, 3.8) is 0 Å². The molecule has 2 aromatic heterocycles. The van der Waals surface area contributed by atoms with Gasteiger partial charge in [0.15, 0.2) is 0 Å². The largest absolute Gasteiger partial charge is 0.381 e. The lowest BCUT2D eigenvalue weighted by Crippen LogP contribution is -1.98. The van der Waals surface area contributed by atoms with Crippen LogP contribution in [0.2, 0.25) is 0 Å². The zero-order chi connectivity index (χ0) is 12.4. The summed E-state index contributed by atoms with van der Waals surface area (Å²) in [4.78, 5) is 4.31. The van der Waals surface area contributed by atoms with Gasteiger partial charge in [-0.25, -0.2) is 0 Å². The fourth-order valence-electron chi connectivity index (χ4n) is 2.06. The molecule has 0 radical (unpaired) electrons. The third kappa shape index (κ3) is 2.20. The number of pyridine rings is 1. The molecule has 0 aliphatic carbocycles. The van der Waals surface area contributed by atoms with Crippen LogP contribution >= 0.6 is 0 Å². The van der Waals surface area contributed by atoms with Gasteiger partial charge >= 0.3 is 0 Å². The fourth-order valence-corrected chi connectivity index (χ4v) is 2.06. The lowest BCUT2D eigenvalue weighted by molar-refractivity contribution is 0.920. The molecule has 0 saturated carbocycles. The van der Waals surface area contributed by atoms with E-state index in [1.54, 1.807) is 0 Å². The van der Waals surface area contributed by atoms with Crippen LogP contribution in [0.25, 0.3) is 10.9 Å². The van der Waals surface area contributed by atoms with Crippen molar-refractivity contribution in [2.75, 3.05) is 5.32 Å². The standard InChI is InChI=1S/C15H15N3/c1-18-8-6-12(11-18)10-17-14-4-5-15-13(9-14)3-2-7-16-15/h2-9,11,17H,10H2,1H3. The van der Waals surface area contributed by atoms with Gasteiger partial charge in [-0.05, 0) is 35.9 Å². The Kier molecular flexibility index (Phi) is 2.73. The van der Waals surface area contributed by atoms with Gasteiger partial charge in [-0.3, -0.25) is 4.98 Å². The molecule has 0 unspecified atom stereocenters. The number of aryl methyl sites for hydroxylation is 1. The Labute approximate surface area is 106 Å². The van der Waals surface area contributed by atoms with Gasteiger partial charge < -0.3 is 9.88 Å². The van der Waals surface area contributed by atoms with E-state index >= 15 is 0 Å². The Balaban J connectivity index is 1.78. The van der Waals surface area contributed by atoms with Crippen LogP contribution in [0.15, 0.2) is 55.0 Å². The summed E-state index contributed by atoms with van der Waals surface area (Å²) in [7, 11) is 2.03. The molecule has 18 heavy (non-hydrogen) atoms. The Morgan fingerprint density at radius 2 is 2.17 bits per heavy atom. The molecule has 3 rings (SSSR count). The van der Waals surface area contributed by atoms with E-state index in [0.29, 0.717) is 0 Å². The third-order valence-electron chi connectivity index (χ3n) is 2.99. The first kappa shape index (κ1) is 10.8. The van der Waals surface area contributed by atoms with Crippen molar-refractivity contribution < 1.29 is 0 Å². The second-order valence-corrected chi connectivity index (χ2v) is 4.45. The number of fused-ring (bicyclic) bond motifs is 1. The van der Waals surface area contributed by atoms with Crippen LogP contribution < -0.4 is 5.32 Å². The molecule has 3 heteroatoms. The maximum Gasteiger partial charge on any atom is 0.0703 e. The minimum Gasteiger partial charge on any atom is -0.381 e. The molecule has 0 saturated heterocycles. The topological polar surface area (TPSA) is 29.9 Å². The Bertz CT molecular complexity index is 670. The van der Waals surface area contributed by atoms with E-state index in [1.807, 2.05) is 25.4 Å². The summed E-state index contributed by atoms with van der Waals surface area (Å²) in [6, 6.07) is 12.4. The van der Waals surface area contributed by atoms with Gasteiger partial charge in [-0.2, -0.15) is 0 Å². The zero-order valence-electron chi connectivity index (χ0n) is 10.3. The van der Waals surface area contributed by atoms with E-state index in [2.05, 4.69) is 51.5 Å². The predicted octanol–water partition coefficient (Wildman–Crippen LogP) is 3.19. The monoisotopic (exact) mass is 237 g/mol. The molecule has 0 aliphatic rings. The number of nitrogens with one attached hydrogen (secondary N) is 1. The first-order valence-corrected chi connectivity index (χ1v) is 6.01. The smallest absolute Gasteiger partial charge is 0.0703 e. The summed E-state index contributed by atoms with van der Waals surface area (Å²) < 4.78 is 2.06. The molecule has 0 fully saturated rings. The molecule has 0 bridgehead atoms. The minimum atomic E-state index is 0.840. The number of aromatic nitrogens is 2. The Morgan fingerprint density at radius 1 is 1.22 bits per heavy atom. The second-order valence-electron chi connectivity index (χ2n) is 4.45. The van der Waals surface area contributed by atoms with E-state index in [9.17, 15) is 0 Å². The maximum atomic E-state index is 4.31. The van der Waals surface area contributed by atoms with Gasteiger partial charge in [0.05, 0.1) is 5.52 Å². The van der Waals surface area contributed by atoms with Crippen molar-refractivity contribution in [3.8, 4) is 0 Å². The SMILES string of the molecule is Cn1ccc(CNc2ccc3ncccc3c2)c1. The molecule has 1 N–H and O–H groups in total. The van der Waals surface area contributed by atoms with Crippen molar-refractivity contribution in [1.82, 2.24) is 9.55 Å². The van der Waals surface area contributed by atoms with Gasteiger partial charge in [0, 0.05) is 43.3 Å². The van der Waals surface area contributed by atoms with Gasteiger partial charge in [0.25, 0.3) is 0 Å². The van der Waals surface area contributed by atoms with Gasteiger partial charge in [-0.15, -0.1) is 0 Å². The molecule has 0 spiro atoms. The summed E-state index contributed by atoms with van der Waals surface area (Å²) in [6.07, 6.45) is 6.00. The van der Waals surface area contributed by atoms with E-state index in [1.165, 1.54) is 5.56 Å². The van der Waals surface area contributed by atoms with Gasteiger partial charge in [0.1, 0.15) is 0 Å². The van der Waals surface area contributed by atoms with Crippen LogP contribution in [-0.4, -0.2) is 9.55 Å². The average molecular weight is 237 g/mol. The first-order chi connectivity index (χ1) is 8.81. The van der Waals surface area contributed by atoms with Crippen molar-refractivity contribution in [2.24, 2.45) is 7.05 Å². The van der Waals surface area contributed by atoms with E-state index in [0.717, 1.165) is 23.1 Å². The number of benzene rings is 1. The van der Waals surface area contributed by atoms with Crippen LogP contribution in [0.5, 0.6) is 0 Å². The third-order valence-corrected chi connectivity index (χ3v) is 2.99. The summed E-state index contributed by atoms with van der Waals surface area (Å²) >= 11 is 0. The van der Waals surface area contributed by atoms with Crippen LogP contribution in [0.3, 0.4) is 0 Å². The summed E-state index contributed by atoms with van der Waals surface area (Å²) in [5, 5.41) is 4.59. The van der Waals surface area contributed by atoms with Crippen LogP contribution in [0.4, 0.5) is 5.69 Å². The van der Waals surface area contributed by atoms with Gasteiger partial charge in [-0.1, -0.05) is 6.07 Å². The lowest BCUT2D eigenvalue weighted by atomic mass is 10.2. The Morgan fingerprint density at radius 3 is 3.00 bits per heavy atom. The van der Waals surface area contributed by atoms with E-state index < -0.39 is 0 Å². The molecule has 0 aliphatic heterocycles. The fraction of sp³-hybridized carbons (Fsp3) is 0.133. The predicted molar refractivity (Wildman–Crippen MR) is 74.5 cm³/mol. The molecular formula is C15H15N3.